The van der Waals surface area contributed by atoms with Gasteiger partial charge in [-0.2, -0.15) is 5.26 Å². The quantitative estimate of drug-likeness (QED) is 0.775. The second-order valence-electron chi connectivity index (χ2n) is 5.94. The number of Topliss-reactive ketones (excluding diaryl/α,β-unsaturated/α-hetero) is 1. The third-order valence-electron chi connectivity index (χ3n) is 3.98. The molecule has 0 radical (unpaired) electrons. The van der Waals surface area contributed by atoms with Gasteiger partial charge in [-0.1, -0.05) is 38.1 Å². The Hall–Kier alpha value is -2.40. The Morgan fingerprint density at radius 2 is 1.85 bits per heavy atom. The van der Waals surface area contributed by atoms with E-state index in [0.717, 1.165) is 22.3 Å². The Morgan fingerprint density at radius 3 is 2.60 bits per heavy atom. The molecule has 0 fully saturated rings. The standard InChI is InChI=1S/C18H15NO/c1-18(2)10-17(20)15-7-6-14(9-16(15)18)13-5-3-4-12(8-13)11-19/h3-9H,10H2,1-2H3. The van der Waals surface area contributed by atoms with E-state index < -0.39 is 0 Å². The largest absolute Gasteiger partial charge is 0.294 e. The first kappa shape index (κ1) is 12.6. The van der Waals surface area contributed by atoms with E-state index >= 15 is 0 Å². The van der Waals surface area contributed by atoms with Crippen LogP contribution in [0.25, 0.3) is 11.1 Å². The molecule has 1 aliphatic carbocycles. The Bertz CT molecular complexity index is 750. The average molecular weight is 261 g/mol. The summed E-state index contributed by atoms with van der Waals surface area (Å²) in [7, 11) is 0. The number of fused-ring (bicyclic) bond motifs is 1. The van der Waals surface area contributed by atoms with Crippen molar-refractivity contribution in [3.05, 3.63) is 59.2 Å². The summed E-state index contributed by atoms with van der Waals surface area (Å²) < 4.78 is 0. The van der Waals surface area contributed by atoms with E-state index in [0.29, 0.717) is 12.0 Å². The van der Waals surface area contributed by atoms with Gasteiger partial charge in [0.15, 0.2) is 5.78 Å². The first-order chi connectivity index (χ1) is 9.51. The van der Waals surface area contributed by atoms with Crippen molar-refractivity contribution in [3.63, 3.8) is 0 Å². The van der Waals surface area contributed by atoms with Crippen molar-refractivity contribution >= 4 is 5.78 Å². The van der Waals surface area contributed by atoms with Crippen molar-refractivity contribution in [3.8, 4) is 17.2 Å². The SMILES string of the molecule is CC1(C)CC(=O)c2ccc(-c3cccc(C#N)c3)cc21. The summed E-state index contributed by atoms with van der Waals surface area (Å²) in [6.07, 6.45) is 0.573. The van der Waals surface area contributed by atoms with Crippen LogP contribution >= 0.6 is 0 Å². The van der Waals surface area contributed by atoms with Crippen LogP contribution in [0.1, 0.15) is 41.8 Å². The lowest BCUT2D eigenvalue weighted by Crippen LogP contribution is -2.12. The Balaban J connectivity index is 2.14. The summed E-state index contributed by atoms with van der Waals surface area (Å²) in [6.45, 7) is 4.21. The minimum atomic E-state index is -0.102. The van der Waals surface area contributed by atoms with Crippen molar-refractivity contribution in [1.29, 1.82) is 5.26 Å². The van der Waals surface area contributed by atoms with Gasteiger partial charge < -0.3 is 0 Å². The van der Waals surface area contributed by atoms with Crippen LogP contribution in [0.3, 0.4) is 0 Å². The lowest BCUT2D eigenvalue weighted by molar-refractivity contribution is 0.0979. The van der Waals surface area contributed by atoms with Gasteiger partial charge in [0.25, 0.3) is 0 Å². The van der Waals surface area contributed by atoms with Crippen molar-refractivity contribution in [2.45, 2.75) is 25.7 Å². The molecule has 0 N–H and O–H groups in total. The van der Waals surface area contributed by atoms with Crippen LogP contribution in [0.2, 0.25) is 0 Å². The molecule has 0 aliphatic heterocycles. The highest BCUT2D eigenvalue weighted by molar-refractivity contribution is 6.02. The minimum absolute atomic E-state index is 0.102. The monoisotopic (exact) mass is 261 g/mol. The number of rotatable bonds is 1. The predicted octanol–water partition coefficient (Wildman–Crippen LogP) is 4.09. The van der Waals surface area contributed by atoms with Crippen LogP contribution in [-0.2, 0) is 5.41 Å². The molecule has 0 heterocycles. The van der Waals surface area contributed by atoms with Gasteiger partial charge >= 0.3 is 0 Å². The maximum Gasteiger partial charge on any atom is 0.164 e. The summed E-state index contributed by atoms with van der Waals surface area (Å²) in [5, 5.41) is 8.99. The Labute approximate surface area is 118 Å². The maximum atomic E-state index is 12.0. The first-order valence-electron chi connectivity index (χ1n) is 6.69. The summed E-state index contributed by atoms with van der Waals surface area (Å²) in [5.41, 5.74) is 4.58. The van der Waals surface area contributed by atoms with Gasteiger partial charge in [-0.25, -0.2) is 0 Å². The smallest absolute Gasteiger partial charge is 0.164 e. The molecular weight excluding hydrogens is 246 g/mol. The zero-order chi connectivity index (χ0) is 14.3. The number of hydrogen-bond acceptors (Lipinski definition) is 2. The molecular formula is C18H15NO. The second kappa shape index (κ2) is 4.31. The third kappa shape index (κ3) is 1.92. The van der Waals surface area contributed by atoms with E-state index in [2.05, 4.69) is 26.0 Å². The number of ketones is 1. The number of carbonyl (C=O) groups excluding carboxylic acids is 1. The molecule has 0 bridgehead atoms. The normalized spacial score (nSPS) is 15.8. The molecule has 3 rings (SSSR count). The number of nitriles is 1. The molecule has 0 aromatic heterocycles. The van der Waals surface area contributed by atoms with Crippen molar-refractivity contribution in [1.82, 2.24) is 0 Å². The predicted molar refractivity (Wildman–Crippen MR) is 78.6 cm³/mol. The van der Waals surface area contributed by atoms with Crippen molar-refractivity contribution in [2.24, 2.45) is 0 Å². The molecule has 2 aromatic rings. The zero-order valence-electron chi connectivity index (χ0n) is 11.6. The summed E-state index contributed by atoms with van der Waals surface area (Å²) in [6, 6.07) is 15.7. The van der Waals surface area contributed by atoms with E-state index in [4.69, 9.17) is 5.26 Å². The fraction of sp³-hybridized carbons (Fsp3) is 0.222. The molecule has 0 atom stereocenters. The fourth-order valence-corrected chi connectivity index (χ4v) is 2.89. The van der Waals surface area contributed by atoms with Gasteiger partial charge in [0.2, 0.25) is 0 Å². The molecule has 0 spiro atoms. The lowest BCUT2D eigenvalue weighted by atomic mass is 9.85. The summed E-state index contributed by atoms with van der Waals surface area (Å²) in [4.78, 5) is 12.0. The van der Waals surface area contributed by atoms with Crippen molar-refractivity contribution in [2.75, 3.05) is 0 Å². The molecule has 0 unspecified atom stereocenters. The van der Waals surface area contributed by atoms with Gasteiger partial charge in [-0.3, -0.25) is 4.79 Å². The lowest BCUT2D eigenvalue weighted by Gasteiger charge is -2.18. The van der Waals surface area contributed by atoms with Gasteiger partial charge in [0.1, 0.15) is 0 Å². The molecule has 2 aromatic carbocycles. The van der Waals surface area contributed by atoms with E-state index in [-0.39, 0.29) is 11.2 Å². The molecule has 98 valence electrons. The van der Waals surface area contributed by atoms with Crippen LogP contribution in [0.4, 0.5) is 0 Å². The fourth-order valence-electron chi connectivity index (χ4n) is 2.89. The highest BCUT2D eigenvalue weighted by Gasteiger charge is 2.35. The zero-order valence-corrected chi connectivity index (χ0v) is 11.6. The number of benzene rings is 2. The molecule has 0 amide bonds. The number of hydrogen-bond donors (Lipinski definition) is 0. The maximum absolute atomic E-state index is 12.0. The highest BCUT2D eigenvalue weighted by Crippen LogP contribution is 2.40. The third-order valence-corrected chi connectivity index (χ3v) is 3.98. The van der Waals surface area contributed by atoms with Crippen LogP contribution in [0, 0.1) is 11.3 Å². The molecule has 0 saturated carbocycles. The topological polar surface area (TPSA) is 40.9 Å². The molecule has 2 nitrogen and oxygen atoms in total. The molecule has 20 heavy (non-hydrogen) atoms. The first-order valence-corrected chi connectivity index (χ1v) is 6.69. The molecule has 1 aliphatic rings. The number of carbonyl (C=O) groups is 1. The molecule has 0 saturated heterocycles. The van der Waals surface area contributed by atoms with E-state index in [1.54, 1.807) is 6.07 Å². The van der Waals surface area contributed by atoms with E-state index in [1.165, 1.54) is 0 Å². The summed E-state index contributed by atoms with van der Waals surface area (Å²) >= 11 is 0. The Morgan fingerprint density at radius 1 is 1.10 bits per heavy atom. The van der Waals surface area contributed by atoms with Crippen molar-refractivity contribution < 1.29 is 4.79 Å². The minimum Gasteiger partial charge on any atom is -0.294 e. The van der Waals surface area contributed by atoms with Crippen LogP contribution in [0.5, 0.6) is 0 Å². The van der Waals surface area contributed by atoms with Gasteiger partial charge in [0, 0.05) is 12.0 Å². The average Bonchev–Trinajstić information content (AvgIpc) is 2.68. The van der Waals surface area contributed by atoms with Gasteiger partial charge in [-0.15, -0.1) is 0 Å². The second-order valence-corrected chi connectivity index (χ2v) is 5.94. The highest BCUT2D eigenvalue weighted by atomic mass is 16.1. The number of nitrogens with zero attached hydrogens (tertiary/aromatic N) is 1. The van der Waals surface area contributed by atoms with Gasteiger partial charge in [0.05, 0.1) is 11.6 Å². The van der Waals surface area contributed by atoms with Crippen LogP contribution < -0.4 is 0 Å². The molecule has 2 heteroatoms. The van der Waals surface area contributed by atoms with Crippen LogP contribution in [-0.4, -0.2) is 5.78 Å². The van der Waals surface area contributed by atoms with E-state index in [9.17, 15) is 4.79 Å². The van der Waals surface area contributed by atoms with Gasteiger partial charge in [-0.05, 0) is 40.3 Å². The van der Waals surface area contributed by atoms with Crippen LogP contribution in [0.15, 0.2) is 42.5 Å². The summed E-state index contributed by atoms with van der Waals surface area (Å²) in [5.74, 6) is 0.224. The van der Waals surface area contributed by atoms with E-state index in [1.807, 2.05) is 30.3 Å². The Kier molecular flexibility index (Phi) is 2.72.